The first-order valence-corrected chi connectivity index (χ1v) is 9.67. The summed E-state index contributed by atoms with van der Waals surface area (Å²) < 4.78 is 6.08. The lowest BCUT2D eigenvalue weighted by atomic mass is 10.3. The van der Waals surface area contributed by atoms with Gasteiger partial charge in [0.25, 0.3) is 0 Å². The summed E-state index contributed by atoms with van der Waals surface area (Å²) in [7, 11) is 1.85. The van der Waals surface area contributed by atoms with Crippen LogP contribution in [0.3, 0.4) is 0 Å². The van der Waals surface area contributed by atoms with Crippen LogP contribution >= 0.6 is 51.2 Å². The lowest BCUT2D eigenvalue weighted by Gasteiger charge is -2.36. The molecule has 0 atom stereocenters. The molecule has 1 N–H and O–H groups in total. The summed E-state index contributed by atoms with van der Waals surface area (Å²) in [6, 6.07) is 6.20. The van der Waals surface area contributed by atoms with Crippen LogP contribution in [0.1, 0.15) is 10.6 Å². The van der Waals surface area contributed by atoms with Crippen LogP contribution in [0, 0.1) is 0 Å². The average Bonchev–Trinajstić information content (AvgIpc) is 3.24. The number of piperazine rings is 1. The third-order valence-corrected chi connectivity index (χ3v) is 5.73. The van der Waals surface area contributed by atoms with Gasteiger partial charge in [0, 0.05) is 57.3 Å². The van der Waals surface area contributed by atoms with Crippen molar-refractivity contribution in [1.82, 2.24) is 20.3 Å². The van der Waals surface area contributed by atoms with E-state index in [1.165, 1.54) is 8.66 Å². The van der Waals surface area contributed by atoms with E-state index in [0.29, 0.717) is 0 Å². The molecule has 0 spiro atoms. The first kappa shape index (κ1) is 20.7. The SMILES string of the molecule is CN=C(NCCc1ccc(Br)s1)N1CCN(Cc2ccon2)CC1.I. The molecule has 0 saturated carbocycles. The van der Waals surface area contributed by atoms with Crippen molar-refractivity contribution in [3.8, 4) is 0 Å². The molecular weight excluding hydrogens is 517 g/mol. The largest absolute Gasteiger partial charge is 0.364 e. The highest BCUT2D eigenvalue weighted by atomic mass is 127. The summed E-state index contributed by atoms with van der Waals surface area (Å²) in [6.45, 7) is 5.71. The molecule has 138 valence electrons. The lowest BCUT2D eigenvalue weighted by Crippen LogP contribution is -2.52. The Morgan fingerprint density at radius 1 is 1.32 bits per heavy atom. The molecule has 0 radical (unpaired) electrons. The average molecular weight is 540 g/mol. The van der Waals surface area contributed by atoms with Crippen LogP contribution in [0.25, 0.3) is 0 Å². The van der Waals surface area contributed by atoms with Crippen LogP contribution < -0.4 is 5.32 Å². The molecule has 3 heterocycles. The molecular formula is C16H23BrIN5OS. The van der Waals surface area contributed by atoms with Gasteiger partial charge in [0.1, 0.15) is 6.26 Å². The van der Waals surface area contributed by atoms with Crippen LogP contribution in [0.2, 0.25) is 0 Å². The zero-order valence-electron chi connectivity index (χ0n) is 14.2. The first-order valence-electron chi connectivity index (χ1n) is 8.06. The van der Waals surface area contributed by atoms with E-state index in [0.717, 1.165) is 57.3 Å². The fourth-order valence-electron chi connectivity index (χ4n) is 2.78. The summed E-state index contributed by atoms with van der Waals surface area (Å²) in [4.78, 5) is 10.5. The number of aliphatic imine (C=N–C) groups is 1. The highest BCUT2D eigenvalue weighted by molar-refractivity contribution is 14.0. The molecule has 0 aliphatic carbocycles. The minimum Gasteiger partial charge on any atom is -0.364 e. The number of hydrogen-bond donors (Lipinski definition) is 1. The van der Waals surface area contributed by atoms with Gasteiger partial charge in [0.15, 0.2) is 5.96 Å². The van der Waals surface area contributed by atoms with Crippen molar-refractivity contribution >= 4 is 57.2 Å². The van der Waals surface area contributed by atoms with Gasteiger partial charge in [-0.2, -0.15) is 0 Å². The number of hydrogen-bond acceptors (Lipinski definition) is 5. The predicted octanol–water partition coefficient (Wildman–Crippen LogP) is 3.05. The Balaban J connectivity index is 0.00000225. The van der Waals surface area contributed by atoms with Crippen molar-refractivity contribution in [2.75, 3.05) is 39.8 Å². The maximum atomic E-state index is 4.90. The van der Waals surface area contributed by atoms with Gasteiger partial charge in [-0.05, 0) is 34.5 Å². The van der Waals surface area contributed by atoms with Gasteiger partial charge in [-0.15, -0.1) is 35.3 Å². The van der Waals surface area contributed by atoms with Gasteiger partial charge in [-0.3, -0.25) is 9.89 Å². The molecule has 1 fully saturated rings. The van der Waals surface area contributed by atoms with Gasteiger partial charge in [0.2, 0.25) is 0 Å². The molecule has 2 aromatic rings. The van der Waals surface area contributed by atoms with E-state index >= 15 is 0 Å². The predicted molar refractivity (Wildman–Crippen MR) is 116 cm³/mol. The molecule has 1 saturated heterocycles. The van der Waals surface area contributed by atoms with E-state index in [2.05, 4.69) is 53.3 Å². The molecule has 0 unspecified atom stereocenters. The van der Waals surface area contributed by atoms with Crippen molar-refractivity contribution in [3.05, 3.63) is 38.8 Å². The van der Waals surface area contributed by atoms with E-state index in [1.54, 1.807) is 17.6 Å². The number of aromatic nitrogens is 1. The van der Waals surface area contributed by atoms with Gasteiger partial charge >= 0.3 is 0 Å². The highest BCUT2D eigenvalue weighted by Gasteiger charge is 2.20. The van der Waals surface area contributed by atoms with Gasteiger partial charge in [-0.25, -0.2) is 0 Å². The van der Waals surface area contributed by atoms with E-state index in [1.807, 2.05) is 13.1 Å². The van der Waals surface area contributed by atoms with E-state index in [4.69, 9.17) is 4.52 Å². The van der Waals surface area contributed by atoms with Gasteiger partial charge < -0.3 is 14.7 Å². The van der Waals surface area contributed by atoms with Crippen molar-refractivity contribution < 1.29 is 4.52 Å². The monoisotopic (exact) mass is 539 g/mol. The third kappa shape index (κ3) is 6.22. The Kier molecular flexibility index (Phi) is 8.67. The second-order valence-electron chi connectivity index (χ2n) is 5.68. The van der Waals surface area contributed by atoms with Gasteiger partial charge in [-0.1, -0.05) is 5.16 Å². The van der Waals surface area contributed by atoms with Crippen LogP contribution in [0.15, 0.2) is 37.8 Å². The Bertz CT molecular complexity index is 655. The van der Waals surface area contributed by atoms with Crippen molar-refractivity contribution in [3.63, 3.8) is 0 Å². The van der Waals surface area contributed by atoms with E-state index in [-0.39, 0.29) is 24.0 Å². The maximum absolute atomic E-state index is 4.90. The number of nitrogens with zero attached hydrogens (tertiary/aromatic N) is 4. The Labute approximate surface area is 177 Å². The molecule has 9 heteroatoms. The standard InChI is InChI=1S/C16H22BrN5OS.HI/c1-18-16(19-6-4-14-2-3-15(17)24-14)22-9-7-21(8-10-22)12-13-5-11-23-20-13;/h2-3,5,11H,4,6-10,12H2,1H3,(H,18,19);1H. The smallest absolute Gasteiger partial charge is 0.193 e. The Morgan fingerprint density at radius 3 is 2.72 bits per heavy atom. The van der Waals surface area contributed by atoms with Crippen LogP contribution in [0.4, 0.5) is 0 Å². The quantitative estimate of drug-likeness (QED) is 0.359. The highest BCUT2D eigenvalue weighted by Crippen LogP contribution is 2.22. The number of nitrogens with one attached hydrogen (secondary N) is 1. The molecule has 25 heavy (non-hydrogen) atoms. The number of rotatable bonds is 5. The second-order valence-corrected chi connectivity index (χ2v) is 8.23. The van der Waals surface area contributed by atoms with E-state index in [9.17, 15) is 0 Å². The van der Waals surface area contributed by atoms with Crippen LogP contribution in [-0.2, 0) is 13.0 Å². The molecule has 3 rings (SSSR count). The maximum Gasteiger partial charge on any atom is 0.193 e. The van der Waals surface area contributed by atoms with Crippen molar-refractivity contribution in [1.29, 1.82) is 0 Å². The summed E-state index contributed by atoms with van der Waals surface area (Å²) in [5, 5.41) is 7.46. The van der Waals surface area contributed by atoms with E-state index < -0.39 is 0 Å². The fourth-order valence-corrected chi connectivity index (χ4v) is 4.26. The zero-order chi connectivity index (χ0) is 16.8. The number of thiophene rings is 1. The number of halogens is 2. The molecule has 0 bridgehead atoms. The van der Waals surface area contributed by atoms with Crippen LogP contribution in [0.5, 0.6) is 0 Å². The number of guanidine groups is 1. The molecule has 1 aliphatic heterocycles. The fraction of sp³-hybridized carbons (Fsp3) is 0.500. The Hall–Kier alpha value is -0.650. The normalized spacial score (nSPS) is 15.9. The third-order valence-electron chi connectivity index (χ3n) is 4.04. The topological polar surface area (TPSA) is 56.9 Å². The zero-order valence-corrected chi connectivity index (χ0v) is 18.9. The van der Waals surface area contributed by atoms with Crippen molar-refractivity contribution in [2.24, 2.45) is 4.99 Å². The Morgan fingerprint density at radius 2 is 2.12 bits per heavy atom. The summed E-state index contributed by atoms with van der Waals surface area (Å²) in [6.07, 6.45) is 2.64. The second kappa shape index (κ2) is 10.5. The van der Waals surface area contributed by atoms with Gasteiger partial charge in [0.05, 0.1) is 9.48 Å². The molecule has 0 aromatic carbocycles. The summed E-state index contributed by atoms with van der Waals surface area (Å²) >= 11 is 5.29. The summed E-state index contributed by atoms with van der Waals surface area (Å²) in [5.41, 5.74) is 0.994. The molecule has 0 amide bonds. The first-order chi connectivity index (χ1) is 11.7. The van der Waals surface area contributed by atoms with Crippen LogP contribution in [-0.4, -0.2) is 60.7 Å². The minimum atomic E-state index is 0. The summed E-state index contributed by atoms with van der Waals surface area (Å²) in [5.74, 6) is 0.992. The molecule has 1 aliphatic rings. The molecule has 6 nitrogen and oxygen atoms in total. The molecule has 2 aromatic heterocycles. The minimum absolute atomic E-state index is 0. The van der Waals surface area contributed by atoms with Crippen molar-refractivity contribution in [2.45, 2.75) is 13.0 Å². The lowest BCUT2D eigenvalue weighted by molar-refractivity contribution is 0.169.